The summed E-state index contributed by atoms with van der Waals surface area (Å²) in [4.78, 5) is 0.412. The molecule has 5 heteroatoms. The van der Waals surface area contributed by atoms with Crippen molar-refractivity contribution in [3.05, 3.63) is 29.3 Å². The summed E-state index contributed by atoms with van der Waals surface area (Å²) in [5.41, 5.74) is 1.80. The zero-order valence-electron chi connectivity index (χ0n) is 11.6. The van der Waals surface area contributed by atoms with Crippen LogP contribution in [-0.2, 0) is 16.6 Å². The molecular weight excluding hydrogens is 260 g/mol. The van der Waals surface area contributed by atoms with Crippen LogP contribution in [0.3, 0.4) is 0 Å². The predicted octanol–water partition coefficient (Wildman–Crippen LogP) is 1.94. The van der Waals surface area contributed by atoms with Crippen LogP contribution < -0.4 is 10.0 Å². The van der Waals surface area contributed by atoms with Gasteiger partial charge in [0, 0.05) is 12.6 Å². The first-order valence-corrected chi connectivity index (χ1v) is 8.34. The quantitative estimate of drug-likeness (QED) is 0.838. The molecule has 1 aromatic rings. The van der Waals surface area contributed by atoms with Gasteiger partial charge in [0.05, 0.1) is 4.90 Å². The highest BCUT2D eigenvalue weighted by atomic mass is 32.2. The molecule has 1 aromatic carbocycles. The zero-order chi connectivity index (χ0) is 13.9. The molecule has 0 unspecified atom stereocenters. The van der Waals surface area contributed by atoms with E-state index in [2.05, 4.69) is 10.0 Å². The lowest BCUT2D eigenvalue weighted by molar-refractivity contribution is 0.383. The van der Waals surface area contributed by atoms with E-state index < -0.39 is 10.0 Å². The third-order valence-corrected chi connectivity index (χ3v) is 5.21. The van der Waals surface area contributed by atoms with Gasteiger partial charge in [-0.15, -0.1) is 0 Å². The van der Waals surface area contributed by atoms with E-state index in [9.17, 15) is 8.42 Å². The van der Waals surface area contributed by atoms with Crippen LogP contribution in [0.15, 0.2) is 23.1 Å². The van der Waals surface area contributed by atoms with E-state index in [0.29, 0.717) is 11.4 Å². The van der Waals surface area contributed by atoms with E-state index in [1.807, 2.05) is 26.0 Å². The average molecular weight is 282 g/mol. The van der Waals surface area contributed by atoms with E-state index in [0.717, 1.165) is 36.9 Å². The molecule has 1 fully saturated rings. The van der Waals surface area contributed by atoms with E-state index in [1.165, 1.54) is 0 Å². The number of nitrogens with one attached hydrogen (secondary N) is 2. The predicted molar refractivity (Wildman–Crippen MR) is 76.5 cm³/mol. The Kier molecular flexibility index (Phi) is 4.60. The fraction of sp³-hybridized carbons (Fsp3) is 0.571. The van der Waals surface area contributed by atoms with Crippen LogP contribution in [0.2, 0.25) is 0 Å². The molecule has 4 nitrogen and oxygen atoms in total. The van der Waals surface area contributed by atoms with Crippen LogP contribution in [-0.4, -0.2) is 21.0 Å². The molecule has 1 aliphatic rings. The normalized spacial score (nSPS) is 16.3. The Bertz CT molecular complexity index is 536. The van der Waals surface area contributed by atoms with Crippen LogP contribution in [0, 0.1) is 6.92 Å². The molecule has 19 heavy (non-hydrogen) atoms. The number of hydrogen-bond acceptors (Lipinski definition) is 3. The van der Waals surface area contributed by atoms with Crippen molar-refractivity contribution in [2.75, 3.05) is 6.54 Å². The van der Waals surface area contributed by atoms with E-state index in [4.69, 9.17) is 0 Å². The van der Waals surface area contributed by atoms with E-state index in [1.54, 1.807) is 6.07 Å². The molecule has 0 amide bonds. The Morgan fingerprint density at radius 1 is 1.32 bits per heavy atom. The average Bonchev–Trinajstić information content (AvgIpc) is 2.33. The lowest BCUT2D eigenvalue weighted by Gasteiger charge is -2.26. The molecule has 0 saturated heterocycles. The topological polar surface area (TPSA) is 58.2 Å². The van der Waals surface area contributed by atoms with Gasteiger partial charge in [-0.25, -0.2) is 13.1 Å². The van der Waals surface area contributed by atoms with Gasteiger partial charge >= 0.3 is 0 Å². The van der Waals surface area contributed by atoms with Crippen molar-refractivity contribution in [2.24, 2.45) is 0 Å². The first-order valence-electron chi connectivity index (χ1n) is 6.85. The van der Waals surface area contributed by atoms with Gasteiger partial charge < -0.3 is 5.32 Å². The van der Waals surface area contributed by atoms with Crippen LogP contribution in [0.5, 0.6) is 0 Å². The van der Waals surface area contributed by atoms with Gasteiger partial charge in [0.1, 0.15) is 0 Å². The van der Waals surface area contributed by atoms with Crippen molar-refractivity contribution in [2.45, 2.75) is 50.6 Å². The molecule has 1 saturated carbocycles. The summed E-state index contributed by atoms with van der Waals surface area (Å²) in [6, 6.07) is 5.75. The highest BCUT2D eigenvalue weighted by molar-refractivity contribution is 7.89. The Morgan fingerprint density at radius 2 is 2.05 bits per heavy atom. The minimum atomic E-state index is -3.38. The minimum Gasteiger partial charge on any atom is -0.313 e. The molecule has 0 radical (unpaired) electrons. The molecule has 0 spiro atoms. The largest absolute Gasteiger partial charge is 0.313 e. The smallest absolute Gasteiger partial charge is 0.241 e. The molecule has 0 aromatic heterocycles. The first kappa shape index (κ1) is 14.5. The summed E-state index contributed by atoms with van der Waals surface area (Å²) in [7, 11) is -3.38. The monoisotopic (exact) mass is 282 g/mol. The summed E-state index contributed by atoms with van der Waals surface area (Å²) in [5.74, 6) is 0. The van der Waals surface area contributed by atoms with Crippen molar-refractivity contribution in [3.8, 4) is 0 Å². The molecule has 2 N–H and O–H groups in total. The van der Waals surface area contributed by atoms with Crippen molar-refractivity contribution in [1.29, 1.82) is 0 Å². The second kappa shape index (κ2) is 6.03. The number of sulfonamides is 1. The molecule has 0 heterocycles. The van der Waals surface area contributed by atoms with Gasteiger partial charge in [-0.1, -0.05) is 25.5 Å². The van der Waals surface area contributed by atoms with Gasteiger partial charge in [0.25, 0.3) is 0 Å². The molecule has 0 aliphatic heterocycles. The number of aryl methyl sites for hydroxylation is 1. The molecular formula is C14H22N2O2S. The summed E-state index contributed by atoms with van der Waals surface area (Å²) < 4.78 is 27.5. The summed E-state index contributed by atoms with van der Waals surface area (Å²) >= 11 is 0. The third-order valence-electron chi connectivity index (χ3n) is 3.55. The van der Waals surface area contributed by atoms with Gasteiger partial charge in [-0.05, 0) is 43.5 Å². The van der Waals surface area contributed by atoms with Crippen molar-refractivity contribution >= 4 is 10.0 Å². The summed E-state index contributed by atoms with van der Waals surface area (Å²) in [6.07, 6.45) is 3.03. The second-order valence-corrected chi connectivity index (χ2v) is 6.81. The van der Waals surface area contributed by atoms with Crippen LogP contribution >= 0.6 is 0 Å². The molecule has 0 atom stereocenters. The Labute approximate surface area is 115 Å². The maximum atomic E-state index is 12.4. The standard InChI is InChI=1S/C14H22N2O2S/c1-3-15-10-12-8-7-11(2)14(9-12)19(17,18)16-13-5-4-6-13/h7-9,13,15-16H,3-6,10H2,1-2H3. The van der Waals surface area contributed by atoms with Crippen molar-refractivity contribution in [3.63, 3.8) is 0 Å². The zero-order valence-corrected chi connectivity index (χ0v) is 12.4. The third kappa shape index (κ3) is 3.55. The van der Waals surface area contributed by atoms with Gasteiger partial charge in [-0.2, -0.15) is 0 Å². The molecule has 2 rings (SSSR count). The SMILES string of the molecule is CCNCc1ccc(C)c(S(=O)(=O)NC2CCC2)c1. The maximum absolute atomic E-state index is 12.4. The van der Waals surface area contributed by atoms with Gasteiger partial charge in [0.2, 0.25) is 10.0 Å². The highest BCUT2D eigenvalue weighted by Gasteiger charge is 2.25. The Hall–Kier alpha value is -0.910. The lowest BCUT2D eigenvalue weighted by atomic mass is 9.94. The molecule has 106 valence electrons. The van der Waals surface area contributed by atoms with Crippen LogP contribution in [0.1, 0.15) is 37.3 Å². The van der Waals surface area contributed by atoms with E-state index in [-0.39, 0.29) is 6.04 Å². The Balaban J connectivity index is 2.21. The van der Waals surface area contributed by atoms with Crippen LogP contribution in [0.25, 0.3) is 0 Å². The van der Waals surface area contributed by atoms with Gasteiger partial charge in [0.15, 0.2) is 0 Å². The van der Waals surface area contributed by atoms with E-state index >= 15 is 0 Å². The Morgan fingerprint density at radius 3 is 2.63 bits per heavy atom. The highest BCUT2D eigenvalue weighted by Crippen LogP contribution is 2.23. The van der Waals surface area contributed by atoms with Crippen molar-refractivity contribution in [1.82, 2.24) is 10.0 Å². The molecule has 1 aliphatic carbocycles. The summed E-state index contributed by atoms with van der Waals surface area (Å²) in [5, 5.41) is 3.21. The number of benzene rings is 1. The van der Waals surface area contributed by atoms with Gasteiger partial charge in [-0.3, -0.25) is 0 Å². The minimum absolute atomic E-state index is 0.127. The number of rotatable bonds is 6. The second-order valence-electron chi connectivity index (χ2n) is 5.13. The maximum Gasteiger partial charge on any atom is 0.241 e. The fourth-order valence-corrected chi connectivity index (χ4v) is 3.72. The van der Waals surface area contributed by atoms with Crippen molar-refractivity contribution < 1.29 is 8.42 Å². The van der Waals surface area contributed by atoms with Crippen LogP contribution in [0.4, 0.5) is 0 Å². The molecule has 0 bridgehead atoms. The number of hydrogen-bond donors (Lipinski definition) is 2. The summed E-state index contributed by atoms with van der Waals surface area (Å²) in [6.45, 7) is 5.44. The first-order chi connectivity index (χ1) is 9.03. The lowest BCUT2D eigenvalue weighted by Crippen LogP contribution is -2.39. The fourth-order valence-electron chi connectivity index (χ4n) is 2.12.